The molecule has 0 fully saturated rings. The van der Waals surface area contributed by atoms with Crippen LogP contribution in [-0.4, -0.2) is 41.7 Å². The molecule has 0 rings (SSSR count). The van der Waals surface area contributed by atoms with Crippen molar-refractivity contribution in [3.63, 3.8) is 0 Å². The Hall–Kier alpha value is -0.400. The van der Waals surface area contributed by atoms with Crippen molar-refractivity contribution >= 4 is 33.5 Å². The highest BCUT2D eigenvalue weighted by atomic mass is 33.1. The smallest absolute Gasteiger partial charge is 0.306 e. The molecule has 0 radical (unpaired) electrons. The summed E-state index contributed by atoms with van der Waals surface area (Å²) in [5.41, 5.74) is 5.16. The molecule has 0 aliphatic carbocycles. The van der Waals surface area contributed by atoms with Crippen LogP contribution in [0.1, 0.15) is 12.8 Å². The Labute approximate surface area is 96.5 Å². The molecule has 3 N–H and O–H groups in total. The molecule has 0 saturated heterocycles. The highest BCUT2D eigenvalue weighted by Crippen LogP contribution is 2.22. The van der Waals surface area contributed by atoms with E-state index in [4.69, 9.17) is 15.6 Å². The van der Waals surface area contributed by atoms with E-state index in [0.29, 0.717) is 24.5 Å². The van der Waals surface area contributed by atoms with E-state index in [1.165, 1.54) is 21.6 Å². The number of esters is 1. The van der Waals surface area contributed by atoms with Crippen molar-refractivity contribution in [2.45, 2.75) is 12.8 Å². The summed E-state index contributed by atoms with van der Waals surface area (Å²) in [6.45, 7) is 0.599. The van der Waals surface area contributed by atoms with Gasteiger partial charge in [-0.25, -0.2) is 0 Å². The summed E-state index contributed by atoms with van der Waals surface area (Å²) in [5, 5.41) is 8.35. The Bertz CT molecular complexity index is 201. The molecule has 7 heteroatoms. The number of ether oxygens (including phenoxy) is 1. The zero-order chi connectivity index (χ0) is 11.5. The van der Waals surface area contributed by atoms with Crippen LogP contribution in [0.25, 0.3) is 0 Å². The zero-order valence-electron chi connectivity index (χ0n) is 8.31. The van der Waals surface area contributed by atoms with Gasteiger partial charge in [0.25, 0.3) is 0 Å². The fourth-order valence-electron chi connectivity index (χ4n) is 0.617. The maximum atomic E-state index is 10.9. The Balaban J connectivity index is 3.16. The van der Waals surface area contributed by atoms with Crippen LogP contribution in [0.2, 0.25) is 0 Å². The minimum atomic E-state index is -0.801. The quantitative estimate of drug-likeness (QED) is 0.356. The molecule has 0 amide bonds. The topological polar surface area (TPSA) is 89.6 Å². The number of nitrogens with two attached hydrogens (primary N) is 1. The van der Waals surface area contributed by atoms with Crippen LogP contribution in [0, 0.1) is 0 Å². The standard InChI is InChI=1S/C8H15NO4S2/c9-3-4-13-8(12)2-6-15-14-5-1-7(10)11/h1-6,9H2,(H,10,11). The van der Waals surface area contributed by atoms with Gasteiger partial charge in [0.05, 0.1) is 12.8 Å². The minimum Gasteiger partial charge on any atom is -0.481 e. The molecule has 0 heterocycles. The Morgan fingerprint density at radius 2 is 1.80 bits per heavy atom. The molecule has 0 aromatic carbocycles. The van der Waals surface area contributed by atoms with Gasteiger partial charge in [-0.2, -0.15) is 0 Å². The first-order chi connectivity index (χ1) is 7.16. The van der Waals surface area contributed by atoms with E-state index in [-0.39, 0.29) is 19.0 Å². The molecule has 0 bridgehead atoms. The molecule has 0 spiro atoms. The summed E-state index contributed by atoms with van der Waals surface area (Å²) in [6, 6.07) is 0. The summed E-state index contributed by atoms with van der Waals surface area (Å²) in [6.07, 6.45) is 0.486. The van der Waals surface area contributed by atoms with Crippen molar-refractivity contribution in [2.75, 3.05) is 24.7 Å². The largest absolute Gasteiger partial charge is 0.481 e. The highest BCUT2D eigenvalue weighted by Gasteiger charge is 2.02. The van der Waals surface area contributed by atoms with Crippen LogP contribution < -0.4 is 5.73 Å². The van der Waals surface area contributed by atoms with Crippen LogP contribution in [-0.2, 0) is 14.3 Å². The molecular formula is C8H15NO4S2. The first kappa shape index (κ1) is 14.6. The predicted molar refractivity (Wildman–Crippen MR) is 61.8 cm³/mol. The second-order valence-electron chi connectivity index (χ2n) is 2.55. The number of hydrogen-bond donors (Lipinski definition) is 2. The normalized spacial score (nSPS) is 9.93. The number of aliphatic carboxylic acids is 1. The lowest BCUT2D eigenvalue weighted by Crippen LogP contribution is -2.13. The molecule has 5 nitrogen and oxygen atoms in total. The highest BCUT2D eigenvalue weighted by molar-refractivity contribution is 8.76. The fourth-order valence-corrected chi connectivity index (χ4v) is 2.57. The number of carboxylic acid groups (broad SMARTS) is 1. The third-order valence-corrected chi connectivity index (χ3v) is 3.66. The second-order valence-corrected chi connectivity index (χ2v) is 5.25. The van der Waals surface area contributed by atoms with E-state index in [0.717, 1.165) is 0 Å². The number of carboxylic acids is 1. The van der Waals surface area contributed by atoms with Crippen LogP contribution in [0.15, 0.2) is 0 Å². The van der Waals surface area contributed by atoms with Crippen molar-refractivity contribution in [2.24, 2.45) is 5.73 Å². The monoisotopic (exact) mass is 253 g/mol. The van der Waals surface area contributed by atoms with Crippen molar-refractivity contribution in [3.05, 3.63) is 0 Å². The molecule has 88 valence electrons. The van der Waals surface area contributed by atoms with Gasteiger partial charge in [-0.1, -0.05) is 21.6 Å². The predicted octanol–water partition coefficient (Wildman–Crippen LogP) is 0.734. The van der Waals surface area contributed by atoms with E-state index in [1.807, 2.05) is 0 Å². The van der Waals surface area contributed by atoms with E-state index < -0.39 is 5.97 Å². The third kappa shape index (κ3) is 11.5. The first-order valence-electron chi connectivity index (χ1n) is 4.48. The lowest BCUT2D eigenvalue weighted by Gasteiger charge is -2.02. The zero-order valence-corrected chi connectivity index (χ0v) is 9.94. The maximum Gasteiger partial charge on any atom is 0.306 e. The molecule has 15 heavy (non-hydrogen) atoms. The van der Waals surface area contributed by atoms with Gasteiger partial charge in [0.2, 0.25) is 0 Å². The summed E-state index contributed by atoms with van der Waals surface area (Å²) >= 11 is 0. The Kier molecular flexibility index (Phi) is 9.86. The first-order valence-corrected chi connectivity index (χ1v) is 6.97. The van der Waals surface area contributed by atoms with Crippen LogP contribution in [0.3, 0.4) is 0 Å². The Morgan fingerprint density at radius 3 is 2.33 bits per heavy atom. The second kappa shape index (κ2) is 10.1. The molecule has 0 unspecified atom stereocenters. The van der Waals surface area contributed by atoms with Gasteiger partial charge < -0.3 is 15.6 Å². The summed E-state index contributed by atoms with van der Waals surface area (Å²) in [5.74, 6) is 0.128. The van der Waals surface area contributed by atoms with E-state index in [9.17, 15) is 9.59 Å². The van der Waals surface area contributed by atoms with Gasteiger partial charge in [0.15, 0.2) is 0 Å². The molecule has 0 atom stereocenters. The maximum absolute atomic E-state index is 10.9. The van der Waals surface area contributed by atoms with Gasteiger partial charge in [0.1, 0.15) is 6.61 Å². The van der Waals surface area contributed by atoms with Crippen LogP contribution >= 0.6 is 21.6 Å². The van der Waals surface area contributed by atoms with Gasteiger partial charge >= 0.3 is 11.9 Å². The molecule has 0 aromatic rings. The fraction of sp³-hybridized carbons (Fsp3) is 0.750. The summed E-state index contributed by atoms with van der Waals surface area (Å²) in [7, 11) is 2.93. The average molecular weight is 253 g/mol. The van der Waals surface area contributed by atoms with Gasteiger partial charge in [-0.05, 0) is 0 Å². The van der Waals surface area contributed by atoms with E-state index in [2.05, 4.69) is 0 Å². The molecule has 0 saturated carbocycles. The van der Waals surface area contributed by atoms with Crippen LogP contribution in [0.5, 0.6) is 0 Å². The number of carbonyl (C=O) groups excluding carboxylic acids is 1. The number of carbonyl (C=O) groups is 2. The number of rotatable bonds is 9. The summed E-state index contributed by atoms with van der Waals surface area (Å²) in [4.78, 5) is 21.1. The lowest BCUT2D eigenvalue weighted by molar-refractivity contribution is -0.142. The van der Waals surface area contributed by atoms with E-state index >= 15 is 0 Å². The van der Waals surface area contributed by atoms with E-state index in [1.54, 1.807) is 0 Å². The minimum absolute atomic E-state index is 0.148. The average Bonchev–Trinajstić information content (AvgIpc) is 2.19. The molecular weight excluding hydrogens is 238 g/mol. The Morgan fingerprint density at radius 1 is 1.20 bits per heavy atom. The summed E-state index contributed by atoms with van der Waals surface area (Å²) < 4.78 is 4.76. The SMILES string of the molecule is NCCOC(=O)CCSSCCC(=O)O. The third-order valence-electron chi connectivity index (χ3n) is 1.25. The molecule has 0 aromatic heterocycles. The van der Waals surface area contributed by atoms with Crippen LogP contribution in [0.4, 0.5) is 0 Å². The van der Waals surface area contributed by atoms with Crippen molar-refractivity contribution < 1.29 is 19.4 Å². The molecule has 0 aliphatic heterocycles. The molecule has 0 aliphatic rings. The number of hydrogen-bond acceptors (Lipinski definition) is 6. The van der Waals surface area contributed by atoms with Crippen molar-refractivity contribution in [1.29, 1.82) is 0 Å². The lowest BCUT2D eigenvalue weighted by atomic mass is 10.5. The van der Waals surface area contributed by atoms with Gasteiger partial charge in [0, 0.05) is 18.1 Å². The van der Waals surface area contributed by atoms with Gasteiger partial charge in [-0.15, -0.1) is 0 Å². The van der Waals surface area contributed by atoms with Crippen molar-refractivity contribution in [3.8, 4) is 0 Å². The van der Waals surface area contributed by atoms with Crippen molar-refractivity contribution in [1.82, 2.24) is 0 Å². The van der Waals surface area contributed by atoms with Gasteiger partial charge in [-0.3, -0.25) is 9.59 Å².